The van der Waals surface area contributed by atoms with E-state index in [1.165, 1.54) is 33.4 Å². The molecule has 3 heterocycles. The molecule has 2 saturated heterocycles. The van der Waals surface area contributed by atoms with Gasteiger partial charge < -0.3 is 9.80 Å². The molecule has 4 nitrogen and oxygen atoms in total. The van der Waals surface area contributed by atoms with Crippen molar-refractivity contribution in [3.05, 3.63) is 69.0 Å². The molecular weight excluding hydrogens is 430 g/mol. The van der Waals surface area contributed by atoms with E-state index in [1.54, 1.807) is 0 Å². The van der Waals surface area contributed by atoms with Crippen molar-refractivity contribution in [1.82, 2.24) is 14.8 Å². The highest BCUT2D eigenvalue weighted by molar-refractivity contribution is 6.30. The fourth-order valence-electron chi connectivity index (χ4n) is 5.73. The van der Waals surface area contributed by atoms with E-state index in [9.17, 15) is 4.79 Å². The molecule has 2 aliphatic heterocycles. The van der Waals surface area contributed by atoms with Gasteiger partial charge in [0.15, 0.2) is 0 Å². The second-order valence-corrected chi connectivity index (χ2v) is 10.6. The molecule has 0 atom stereocenters. The number of aryl methyl sites for hydroxylation is 3. The summed E-state index contributed by atoms with van der Waals surface area (Å²) in [7, 11) is 2.17. The number of amides is 1. The van der Waals surface area contributed by atoms with Gasteiger partial charge in [-0.2, -0.15) is 0 Å². The summed E-state index contributed by atoms with van der Waals surface area (Å²) in [6.07, 6.45) is 8.79. The highest BCUT2D eigenvalue weighted by Gasteiger charge is 2.28. The van der Waals surface area contributed by atoms with Crippen molar-refractivity contribution in [2.45, 2.75) is 51.9 Å². The minimum atomic E-state index is 0.343. The fraction of sp³-hybridized carbons (Fsp3) is 0.500. The maximum absolute atomic E-state index is 13.0. The van der Waals surface area contributed by atoms with Crippen LogP contribution in [0.25, 0.3) is 5.57 Å². The predicted octanol–water partition coefficient (Wildman–Crippen LogP) is 5.30. The van der Waals surface area contributed by atoms with Crippen LogP contribution in [0.15, 0.2) is 36.0 Å². The van der Waals surface area contributed by atoms with E-state index in [1.807, 2.05) is 12.3 Å². The number of hydrogen-bond donors (Lipinski definition) is 0. The molecule has 1 aromatic carbocycles. The molecule has 0 bridgehead atoms. The van der Waals surface area contributed by atoms with E-state index in [2.05, 4.69) is 42.0 Å². The lowest BCUT2D eigenvalue weighted by Crippen LogP contribution is -2.39. The average Bonchev–Trinajstić information content (AvgIpc) is 2.97. The molecule has 0 saturated carbocycles. The van der Waals surface area contributed by atoms with E-state index in [0.29, 0.717) is 18.2 Å². The van der Waals surface area contributed by atoms with Crippen molar-refractivity contribution < 1.29 is 4.79 Å². The van der Waals surface area contributed by atoms with Gasteiger partial charge in [-0.1, -0.05) is 29.3 Å². The van der Waals surface area contributed by atoms with Gasteiger partial charge in [0.05, 0.1) is 5.69 Å². The van der Waals surface area contributed by atoms with Crippen molar-refractivity contribution in [2.75, 3.05) is 33.2 Å². The Morgan fingerprint density at radius 3 is 2.52 bits per heavy atom. The smallest absolute Gasteiger partial charge is 0.222 e. The largest absolute Gasteiger partial charge is 0.342 e. The molecule has 2 fully saturated rings. The monoisotopic (exact) mass is 463 g/mol. The summed E-state index contributed by atoms with van der Waals surface area (Å²) >= 11 is 6.36. The Kier molecular flexibility index (Phi) is 6.58. The summed E-state index contributed by atoms with van der Waals surface area (Å²) in [5.74, 6) is 0.891. The molecule has 1 aliphatic carbocycles. The minimum Gasteiger partial charge on any atom is -0.342 e. The molecule has 0 N–H and O–H groups in total. The molecular formula is C28H34ClN3O. The van der Waals surface area contributed by atoms with Crippen molar-refractivity contribution >= 4 is 23.1 Å². The molecule has 33 heavy (non-hydrogen) atoms. The summed E-state index contributed by atoms with van der Waals surface area (Å²) in [5.41, 5.74) is 8.96. The van der Waals surface area contributed by atoms with Crippen molar-refractivity contribution in [1.29, 1.82) is 0 Å². The minimum absolute atomic E-state index is 0.343. The maximum atomic E-state index is 13.0. The molecule has 0 spiro atoms. The van der Waals surface area contributed by atoms with Crippen LogP contribution in [0.3, 0.4) is 0 Å². The second-order valence-electron chi connectivity index (χ2n) is 10.1. The fourth-order valence-corrected chi connectivity index (χ4v) is 5.93. The van der Waals surface area contributed by atoms with Gasteiger partial charge >= 0.3 is 0 Å². The zero-order valence-corrected chi connectivity index (χ0v) is 20.6. The molecule has 5 heteroatoms. The van der Waals surface area contributed by atoms with Gasteiger partial charge in [-0.15, -0.1) is 0 Å². The van der Waals surface area contributed by atoms with Crippen LogP contribution in [0.5, 0.6) is 0 Å². The maximum Gasteiger partial charge on any atom is 0.222 e. The number of hydrogen-bond acceptors (Lipinski definition) is 3. The van der Waals surface area contributed by atoms with Crippen LogP contribution in [0.4, 0.5) is 0 Å². The van der Waals surface area contributed by atoms with Gasteiger partial charge in [-0.05, 0) is 106 Å². The number of carbonyl (C=O) groups is 1. The molecule has 0 unspecified atom stereocenters. The Labute approximate surface area is 202 Å². The zero-order chi connectivity index (χ0) is 22.9. The first kappa shape index (κ1) is 22.6. The van der Waals surface area contributed by atoms with Crippen LogP contribution >= 0.6 is 11.6 Å². The average molecular weight is 464 g/mol. The van der Waals surface area contributed by atoms with Crippen molar-refractivity contribution in [2.24, 2.45) is 5.92 Å². The third kappa shape index (κ3) is 4.88. The number of pyridine rings is 1. The third-order valence-electron chi connectivity index (χ3n) is 7.72. The zero-order valence-electron chi connectivity index (χ0n) is 19.9. The van der Waals surface area contributed by atoms with Gasteiger partial charge in [0, 0.05) is 36.3 Å². The summed E-state index contributed by atoms with van der Waals surface area (Å²) in [4.78, 5) is 22.4. The van der Waals surface area contributed by atoms with E-state index in [4.69, 9.17) is 16.6 Å². The van der Waals surface area contributed by atoms with Crippen LogP contribution in [-0.4, -0.2) is 53.9 Å². The SMILES string of the molecule is Cc1cnc2c(c1)CCc1cc(Cl)ccc1C2=C1CCN(C(=O)CC2CCN(C)CC2)CC1. The quantitative estimate of drug-likeness (QED) is 0.606. The Bertz CT molecular complexity index is 1020. The summed E-state index contributed by atoms with van der Waals surface area (Å²) < 4.78 is 0. The van der Waals surface area contributed by atoms with Gasteiger partial charge in [0.1, 0.15) is 0 Å². The van der Waals surface area contributed by atoms with Crippen LogP contribution < -0.4 is 0 Å². The lowest BCUT2D eigenvalue weighted by atomic mass is 9.88. The number of rotatable bonds is 2. The number of nitrogens with zero attached hydrogens (tertiary/aromatic N) is 3. The van der Waals surface area contributed by atoms with Crippen LogP contribution in [0.2, 0.25) is 5.02 Å². The lowest BCUT2D eigenvalue weighted by Gasteiger charge is -2.33. The first-order chi connectivity index (χ1) is 16.0. The summed E-state index contributed by atoms with van der Waals surface area (Å²) in [5, 5.41) is 0.794. The van der Waals surface area contributed by atoms with Gasteiger partial charge in [0.2, 0.25) is 5.91 Å². The van der Waals surface area contributed by atoms with Crippen LogP contribution in [0, 0.1) is 12.8 Å². The first-order valence-electron chi connectivity index (χ1n) is 12.4. The molecule has 2 aromatic rings. The number of carbonyl (C=O) groups excluding carboxylic acids is 1. The Hall–Kier alpha value is -2.17. The Morgan fingerprint density at radius 2 is 1.76 bits per heavy atom. The van der Waals surface area contributed by atoms with Gasteiger partial charge in [-0.3, -0.25) is 9.78 Å². The predicted molar refractivity (Wildman–Crippen MR) is 135 cm³/mol. The van der Waals surface area contributed by atoms with Crippen LogP contribution in [0.1, 0.15) is 60.1 Å². The molecule has 174 valence electrons. The second kappa shape index (κ2) is 9.60. The standard InChI is InChI=1S/C28H34ClN3O/c1-19-15-23-4-3-22-17-24(29)5-6-25(22)27(28(23)30-18-19)21-9-13-32(14-10-21)26(33)16-20-7-11-31(2)12-8-20/h5-6,15,17-18,20H,3-4,7-14,16H2,1-2H3. The molecule has 1 amide bonds. The third-order valence-corrected chi connectivity index (χ3v) is 7.95. The van der Waals surface area contributed by atoms with Crippen LogP contribution in [-0.2, 0) is 17.6 Å². The highest BCUT2D eigenvalue weighted by atomic mass is 35.5. The molecule has 0 radical (unpaired) electrons. The first-order valence-corrected chi connectivity index (χ1v) is 12.8. The number of likely N-dealkylation sites (tertiary alicyclic amines) is 2. The number of halogens is 1. The van der Waals surface area contributed by atoms with E-state index in [-0.39, 0.29) is 0 Å². The summed E-state index contributed by atoms with van der Waals surface area (Å²) in [6.45, 7) is 5.97. The summed E-state index contributed by atoms with van der Waals surface area (Å²) in [6, 6.07) is 8.59. The topological polar surface area (TPSA) is 36.4 Å². The molecule has 1 aromatic heterocycles. The van der Waals surface area contributed by atoms with Crippen molar-refractivity contribution in [3.8, 4) is 0 Å². The van der Waals surface area contributed by atoms with Gasteiger partial charge in [0.25, 0.3) is 0 Å². The normalized spacial score (nSPS) is 19.8. The van der Waals surface area contributed by atoms with E-state index < -0.39 is 0 Å². The molecule has 5 rings (SSSR count). The highest BCUT2D eigenvalue weighted by Crippen LogP contribution is 2.39. The number of fused-ring (bicyclic) bond motifs is 2. The van der Waals surface area contributed by atoms with Gasteiger partial charge in [-0.25, -0.2) is 0 Å². The molecule has 3 aliphatic rings. The number of aromatic nitrogens is 1. The van der Waals surface area contributed by atoms with E-state index >= 15 is 0 Å². The lowest BCUT2D eigenvalue weighted by molar-refractivity contribution is -0.133. The Morgan fingerprint density at radius 1 is 1.03 bits per heavy atom. The number of benzene rings is 1. The van der Waals surface area contributed by atoms with Crippen molar-refractivity contribution in [3.63, 3.8) is 0 Å². The Balaban J connectivity index is 1.39. The van der Waals surface area contributed by atoms with E-state index in [0.717, 1.165) is 75.4 Å². The number of piperidine rings is 2.